The van der Waals surface area contributed by atoms with Gasteiger partial charge in [-0.15, -0.1) is 0 Å². The molecule has 0 spiro atoms. The summed E-state index contributed by atoms with van der Waals surface area (Å²) in [6.07, 6.45) is -3.16. The van der Waals surface area contributed by atoms with E-state index in [1.54, 1.807) is 6.07 Å². The van der Waals surface area contributed by atoms with Crippen LogP contribution in [0.1, 0.15) is 11.8 Å². The van der Waals surface area contributed by atoms with Gasteiger partial charge in [0.25, 0.3) is 0 Å². The molecule has 1 aliphatic heterocycles. The SMILES string of the molecule is O=c1nc([15NH]Cc2ccccc2)ccn1[C@@H]1O[C@H](CO)[C@@H](O)[C@H]1O. The Morgan fingerprint density at radius 1 is 1.17 bits per heavy atom. The number of nitrogens with zero attached hydrogens (tertiary/aromatic N) is 2. The van der Waals surface area contributed by atoms with Crippen LogP contribution in [0.4, 0.5) is 5.82 Å². The van der Waals surface area contributed by atoms with Crippen molar-refractivity contribution in [3.63, 3.8) is 0 Å². The van der Waals surface area contributed by atoms with E-state index in [1.807, 2.05) is 30.3 Å². The molecule has 1 aromatic heterocycles. The number of rotatable bonds is 5. The normalized spacial score (nSPS) is 26.5. The van der Waals surface area contributed by atoms with Crippen molar-refractivity contribution in [1.29, 1.82) is 0 Å². The van der Waals surface area contributed by atoms with Gasteiger partial charge in [0.1, 0.15) is 24.1 Å². The maximum Gasteiger partial charge on any atom is 0.351 e. The van der Waals surface area contributed by atoms with E-state index in [9.17, 15) is 15.0 Å². The fourth-order valence-corrected chi connectivity index (χ4v) is 2.60. The van der Waals surface area contributed by atoms with Gasteiger partial charge in [0.15, 0.2) is 6.23 Å². The lowest BCUT2D eigenvalue weighted by Gasteiger charge is -2.17. The van der Waals surface area contributed by atoms with Gasteiger partial charge in [-0.05, 0) is 11.6 Å². The number of aliphatic hydroxyl groups excluding tert-OH is 3. The fourth-order valence-electron chi connectivity index (χ4n) is 2.60. The average Bonchev–Trinajstić information content (AvgIpc) is 2.89. The van der Waals surface area contributed by atoms with Gasteiger partial charge in [-0.3, -0.25) is 4.57 Å². The van der Waals surface area contributed by atoms with Crippen LogP contribution in [0.2, 0.25) is 0 Å². The zero-order valence-corrected chi connectivity index (χ0v) is 12.8. The van der Waals surface area contributed by atoms with Crippen molar-refractivity contribution in [2.75, 3.05) is 11.9 Å². The maximum atomic E-state index is 12.2. The summed E-state index contributed by atoms with van der Waals surface area (Å²) in [5.74, 6) is 0.395. The zero-order valence-electron chi connectivity index (χ0n) is 12.8. The first-order valence-electron chi connectivity index (χ1n) is 7.59. The molecule has 24 heavy (non-hydrogen) atoms. The Balaban J connectivity index is 1.72. The van der Waals surface area contributed by atoms with E-state index >= 15 is 0 Å². The maximum absolute atomic E-state index is 12.2. The minimum atomic E-state index is -1.32. The van der Waals surface area contributed by atoms with Gasteiger partial charge in [-0.25, -0.2) is 4.79 Å². The van der Waals surface area contributed by atoms with Gasteiger partial charge in [-0.1, -0.05) is 30.3 Å². The summed E-state index contributed by atoms with van der Waals surface area (Å²) < 4.78 is 6.42. The van der Waals surface area contributed by atoms with Crippen LogP contribution in [0, 0.1) is 0 Å². The highest BCUT2D eigenvalue weighted by Gasteiger charge is 2.43. The van der Waals surface area contributed by atoms with E-state index in [4.69, 9.17) is 9.84 Å². The fraction of sp³-hybridized carbons (Fsp3) is 0.375. The molecular weight excluding hydrogens is 315 g/mol. The van der Waals surface area contributed by atoms with Crippen molar-refractivity contribution in [2.45, 2.75) is 31.1 Å². The van der Waals surface area contributed by atoms with Crippen LogP contribution < -0.4 is 11.0 Å². The molecule has 0 bridgehead atoms. The molecule has 0 radical (unpaired) electrons. The third-order valence-electron chi connectivity index (χ3n) is 3.94. The van der Waals surface area contributed by atoms with Gasteiger partial charge >= 0.3 is 5.69 Å². The topological polar surface area (TPSA) is 117 Å². The van der Waals surface area contributed by atoms with Crippen LogP contribution in [-0.4, -0.2) is 49.8 Å². The predicted molar refractivity (Wildman–Crippen MR) is 85.3 cm³/mol. The first-order chi connectivity index (χ1) is 11.6. The Morgan fingerprint density at radius 3 is 2.54 bits per heavy atom. The molecule has 8 nitrogen and oxygen atoms in total. The molecule has 4 N–H and O–H groups in total. The molecule has 2 aromatic rings. The van der Waals surface area contributed by atoms with Crippen LogP contribution in [0.5, 0.6) is 0 Å². The monoisotopic (exact) mass is 334 g/mol. The lowest BCUT2D eigenvalue weighted by molar-refractivity contribution is -0.0549. The van der Waals surface area contributed by atoms with E-state index < -0.39 is 36.8 Å². The Morgan fingerprint density at radius 2 is 1.92 bits per heavy atom. The number of hydrogen-bond donors (Lipinski definition) is 4. The van der Waals surface area contributed by atoms with Crippen LogP contribution >= 0.6 is 0 Å². The standard InChI is InChI=1S/C16H19N3O5/c20-9-11-13(21)14(22)15(24-11)19-7-6-12(18-16(19)23)17-8-10-4-2-1-3-5-10/h1-7,11,13-15,20-22H,8-9H2,(H,17,18,23)/t11-,13-,14-,15-/m1/s1/i17+1. The van der Waals surface area contributed by atoms with Gasteiger partial charge < -0.3 is 25.4 Å². The number of aromatic nitrogens is 2. The number of anilines is 1. The quantitative estimate of drug-likeness (QED) is 0.543. The summed E-state index contributed by atoms with van der Waals surface area (Å²) in [6, 6.07) is 11.2. The molecule has 1 aromatic carbocycles. The van der Waals surface area contributed by atoms with Crippen molar-refractivity contribution in [1.82, 2.24) is 9.55 Å². The molecule has 8 heteroatoms. The predicted octanol–water partition coefficient (Wildman–Crippen LogP) is -0.533. The molecule has 0 amide bonds. The van der Waals surface area contributed by atoms with Gasteiger partial charge in [-0.2, -0.15) is 4.98 Å². The highest BCUT2D eigenvalue weighted by molar-refractivity contribution is 5.33. The van der Waals surface area contributed by atoms with E-state index in [1.165, 1.54) is 6.20 Å². The smallest absolute Gasteiger partial charge is 0.351 e. The van der Waals surface area contributed by atoms with Crippen LogP contribution in [-0.2, 0) is 11.3 Å². The average molecular weight is 334 g/mol. The highest BCUT2D eigenvalue weighted by Crippen LogP contribution is 2.28. The zero-order chi connectivity index (χ0) is 17.1. The van der Waals surface area contributed by atoms with Gasteiger partial charge in [0.2, 0.25) is 0 Å². The molecule has 1 fully saturated rings. The first-order valence-corrected chi connectivity index (χ1v) is 7.59. The minimum absolute atomic E-state index is 0.395. The molecule has 1 aliphatic rings. The second-order valence-electron chi connectivity index (χ2n) is 5.57. The van der Waals surface area contributed by atoms with Gasteiger partial charge in [0.05, 0.1) is 6.61 Å². The van der Waals surface area contributed by atoms with E-state index in [-0.39, 0.29) is 0 Å². The third kappa shape index (κ3) is 3.31. The molecule has 4 atom stereocenters. The lowest BCUT2D eigenvalue weighted by Crippen LogP contribution is -2.36. The van der Waals surface area contributed by atoms with Crippen molar-refractivity contribution < 1.29 is 20.1 Å². The molecule has 1 saturated heterocycles. The molecule has 128 valence electrons. The first kappa shape index (κ1) is 16.6. The summed E-state index contributed by atoms with van der Waals surface area (Å²) in [6.45, 7) is 0.0682. The summed E-state index contributed by atoms with van der Waals surface area (Å²) in [5, 5.41) is 31.9. The molecular formula is C16H19N3O5. The summed E-state index contributed by atoms with van der Waals surface area (Å²) in [4.78, 5) is 16.1. The van der Waals surface area contributed by atoms with Crippen LogP contribution in [0.25, 0.3) is 0 Å². The Labute approximate surface area is 138 Å². The largest absolute Gasteiger partial charge is 0.394 e. The van der Waals surface area contributed by atoms with Crippen molar-refractivity contribution in [3.05, 3.63) is 58.6 Å². The Bertz CT molecular complexity index is 736. The second kappa shape index (κ2) is 7.10. The van der Waals surface area contributed by atoms with Crippen LogP contribution in [0.3, 0.4) is 0 Å². The van der Waals surface area contributed by atoms with Crippen molar-refractivity contribution in [2.24, 2.45) is 0 Å². The van der Waals surface area contributed by atoms with E-state index in [0.717, 1.165) is 10.1 Å². The molecule has 0 saturated carbocycles. The molecule has 0 aliphatic carbocycles. The number of nitrogens with one attached hydrogen (secondary N) is 1. The van der Waals surface area contributed by atoms with Crippen molar-refractivity contribution >= 4 is 5.82 Å². The summed E-state index contributed by atoms with van der Waals surface area (Å²) in [7, 11) is 0. The minimum Gasteiger partial charge on any atom is -0.394 e. The molecule has 3 rings (SSSR count). The van der Waals surface area contributed by atoms with Crippen molar-refractivity contribution in [3.8, 4) is 0 Å². The Kier molecular flexibility index (Phi) is 4.91. The number of ether oxygens (including phenoxy) is 1. The lowest BCUT2D eigenvalue weighted by atomic mass is 10.1. The summed E-state index contributed by atoms with van der Waals surface area (Å²) >= 11 is 0. The Hall–Kier alpha value is -2.26. The summed E-state index contributed by atoms with van der Waals surface area (Å²) in [5.41, 5.74) is 0.426. The molecule has 0 unspecified atom stereocenters. The second-order valence-corrected chi connectivity index (χ2v) is 5.57. The number of hydrogen-bond acceptors (Lipinski definition) is 7. The number of benzene rings is 1. The van der Waals surface area contributed by atoms with Crippen LogP contribution in [0.15, 0.2) is 47.4 Å². The van der Waals surface area contributed by atoms with Gasteiger partial charge in [0, 0.05) is 12.7 Å². The molecule has 2 heterocycles. The van der Waals surface area contributed by atoms with E-state index in [2.05, 4.69) is 10.3 Å². The third-order valence-corrected chi connectivity index (χ3v) is 3.94. The van der Waals surface area contributed by atoms with E-state index in [0.29, 0.717) is 12.4 Å². The highest BCUT2D eigenvalue weighted by atomic mass is 16.6. The number of aliphatic hydroxyl groups is 3.